The van der Waals surface area contributed by atoms with E-state index in [1.807, 2.05) is 0 Å². The van der Waals surface area contributed by atoms with E-state index in [4.69, 9.17) is 0 Å². The Morgan fingerprint density at radius 3 is 2.60 bits per heavy atom. The number of hydrogen-bond acceptors (Lipinski definition) is 2. The molecule has 0 unspecified atom stereocenters. The molecule has 0 atom stereocenters. The van der Waals surface area contributed by atoms with Crippen LogP contribution in [0.1, 0.15) is 11.3 Å². The first kappa shape index (κ1) is 9.95. The van der Waals surface area contributed by atoms with Crippen LogP contribution in [0.25, 0.3) is 11.0 Å². The van der Waals surface area contributed by atoms with Gasteiger partial charge < -0.3 is 0 Å². The van der Waals surface area contributed by atoms with Crippen molar-refractivity contribution >= 4 is 11.0 Å². The van der Waals surface area contributed by atoms with Gasteiger partial charge in [-0.2, -0.15) is 18.3 Å². The standard InChI is InChI=1S/C9H8F3N3/c1-5-7-3-6(9(10,11)12)4-13-8(7)15(2)14-5/h3-4H,1-2H3. The molecule has 3 nitrogen and oxygen atoms in total. The number of halogens is 3. The van der Waals surface area contributed by atoms with E-state index in [0.717, 1.165) is 12.3 Å². The van der Waals surface area contributed by atoms with Crippen LogP contribution < -0.4 is 0 Å². The van der Waals surface area contributed by atoms with Crippen molar-refractivity contribution in [3.63, 3.8) is 0 Å². The third kappa shape index (κ3) is 1.55. The Morgan fingerprint density at radius 2 is 2.00 bits per heavy atom. The predicted molar refractivity (Wildman–Crippen MR) is 48.2 cm³/mol. The number of hydrogen-bond donors (Lipinski definition) is 0. The zero-order valence-electron chi connectivity index (χ0n) is 8.13. The minimum absolute atomic E-state index is 0.437. The molecule has 0 saturated heterocycles. The minimum Gasteiger partial charge on any atom is -0.250 e. The Kier molecular flexibility index (Phi) is 1.95. The van der Waals surface area contributed by atoms with Crippen LogP contribution >= 0.6 is 0 Å². The highest BCUT2D eigenvalue weighted by atomic mass is 19.4. The first-order valence-corrected chi connectivity index (χ1v) is 4.26. The number of nitrogens with zero attached hydrogens (tertiary/aromatic N) is 3. The van der Waals surface area contributed by atoms with E-state index < -0.39 is 11.7 Å². The van der Waals surface area contributed by atoms with E-state index >= 15 is 0 Å². The molecule has 0 radical (unpaired) electrons. The van der Waals surface area contributed by atoms with E-state index in [2.05, 4.69) is 10.1 Å². The molecule has 2 heterocycles. The quantitative estimate of drug-likeness (QED) is 0.675. The van der Waals surface area contributed by atoms with E-state index in [1.165, 1.54) is 4.68 Å². The molecule has 0 N–H and O–H groups in total. The van der Waals surface area contributed by atoms with Crippen molar-refractivity contribution in [2.75, 3.05) is 0 Å². The van der Waals surface area contributed by atoms with Crippen LogP contribution in [0.15, 0.2) is 12.3 Å². The van der Waals surface area contributed by atoms with Crippen LogP contribution in [-0.4, -0.2) is 14.8 Å². The summed E-state index contributed by atoms with van der Waals surface area (Å²) in [5.41, 5.74) is 0.262. The van der Waals surface area contributed by atoms with Crippen molar-refractivity contribution in [2.45, 2.75) is 13.1 Å². The molecule has 2 aromatic heterocycles. The molecule has 0 spiro atoms. The fraction of sp³-hybridized carbons (Fsp3) is 0.333. The smallest absolute Gasteiger partial charge is 0.250 e. The maximum absolute atomic E-state index is 12.4. The molecule has 0 aliphatic carbocycles. The van der Waals surface area contributed by atoms with E-state index in [0.29, 0.717) is 16.7 Å². The van der Waals surface area contributed by atoms with Gasteiger partial charge in [0, 0.05) is 18.6 Å². The Labute approximate surface area is 83.5 Å². The SMILES string of the molecule is Cc1nn(C)c2ncc(C(F)(F)F)cc12. The molecule has 0 aliphatic rings. The Morgan fingerprint density at radius 1 is 1.33 bits per heavy atom. The lowest BCUT2D eigenvalue weighted by atomic mass is 10.2. The molecule has 0 fully saturated rings. The fourth-order valence-corrected chi connectivity index (χ4v) is 1.46. The van der Waals surface area contributed by atoms with Gasteiger partial charge in [0.25, 0.3) is 0 Å². The maximum Gasteiger partial charge on any atom is 0.417 e. The van der Waals surface area contributed by atoms with Gasteiger partial charge in [-0.1, -0.05) is 0 Å². The van der Waals surface area contributed by atoms with Crippen molar-refractivity contribution in [1.29, 1.82) is 0 Å². The topological polar surface area (TPSA) is 30.7 Å². The molecule has 2 aromatic rings. The summed E-state index contributed by atoms with van der Waals surface area (Å²) in [6, 6.07) is 1.07. The van der Waals surface area contributed by atoms with Crippen molar-refractivity contribution in [2.24, 2.45) is 7.05 Å². The van der Waals surface area contributed by atoms with Crippen LogP contribution in [0.2, 0.25) is 0 Å². The zero-order valence-corrected chi connectivity index (χ0v) is 8.13. The van der Waals surface area contributed by atoms with Gasteiger partial charge >= 0.3 is 6.18 Å². The highest BCUT2D eigenvalue weighted by Gasteiger charge is 2.31. The summed E-state index contributed by atoms with van der Waals surface area (Å²) in [4.78, 5) is 3.75. The van der Waals surface area contributed by atoms with Crippen LogP contribution in [0.5, 0.6) is 0 Å². The normalized spacial score (nSPS) is 12.3. The average molecular weight is 215 g/mol. The molecule has 0 aliphatic heterocycles. The minimum atomic E-state index is -4.36. The van der Waals surface area contributed by atoms with E-state index in [1.54, 1.807) is 14.0 Å². The molecule has 0 saturated carbocycles. The molecule has 15 heavy (non-hydrogen) atoms. The largest absolute Gasteiger partial charge is 0.417 e. The first-order chi connectivity index (χ1) is 6.89. The molecule has 0 bridgehead atoms. The van der Waals surface area contributed by atoms with Crippen LogP contribution in [-0.2, 0) is 13.2 Å². The summed E-state index contributed by atoms with van der Waals surface area (Å²) in [5, 5.41) is 4.44. The predicted octanol–water partition coefficient (Wildman–Crippen LogP) is 2.30. The third-order valence-electron chi connectivity index (χ3n) is 2.19. The van der Waals surface area contributed by atoms with E-state index in [9.17, 15) is 13.2 Å². The molecule has 0 aromatic carbocycles. The van der Waals surface area contributed by atoms with Crippen LogP contribution in [0.3, 0.4) is 0 Å². The molecular formula is C9H8F3N3. The summed E-state index contributed by atoms with van der Waals surface area (Å²) >= 11 is 0. The second-order valence-electron chi connectivity index (χ2n) is 3.30. The lowest BCUT2D eigenvalue weighted by Crippen LogP contribution is -2.05. The lowest BCUT2D eigenvalue weighted by molar-refractivity contribution is -0.137. The van der Waals surface area contributed by atoms with Gasteiger partial charge in [-0.15, -0.1) is 0 Å². The third-order valence-corrected chi connectivity index (χ3v) is 2.19. The van der Waals surface area contributed by atoms with Gasteiger partial charge in [0.2, 0.25) is 0 Å². The van der Waals surface area contributed by atoms with Crippen LogP contribution in [0, 0.1) is 6.92 Å². The highest BCUT2D eigenvalue weighted by molar-refractivity contribution is 5.78. The van der Waals surface area contributed by atoms with Gasteiger partial charge in [-0.05, 0) is 13.0 Å². The number of fused-ring (bicyclic) bond motifs is 1. The summed E-state index contributed by atoms with van der Waals surface area (Å²) in [6.07, 6.45) is -3.53. The molecule has 2 rings (SSSR count). The summed E-state index contributed by atoms with van der Waals surface area (Å²) in [5.74, 6) is 0. The second kappa shape index (κ2) is 2.95. The first-order valence-electron chi connectivity index (χ1n) is 4.26. The molecular weight excluding hydrogens is 207 g/mol. The fourth-order valence-electron chi connectivity index (χ4n) is 1.46. The number of rotatable bonds is 0. The van der Waals surface area contributed by atoms with Gasteiger partial charge in [0.1, 0.15) is 0 Å². The van der Waals surface area contributed by atoms with Crippen molar-refractivity contribution in [3.8, 4) is 0 Å². The summed E-state index contributed by atoms with van der Waals surface area (Å²) in [7, 11) is 1.65. The Balaban J connectivity index is 2.71. The number of alkyl halides is 3. The monoisotopic (exact) mass is 215 g/mol. The second-order valence-corrected chi connectivity index (χ2v) is 3.30. The van der Waals surface area contributed by atoms with Crippen molar-refractivity contribution < 1.29 is 13.2 Å². The number of aromatic nitrogens is 3. The highest BCUT2D eigenvalue weighted by Crippen LogP contribution is 2.30. The van der Waals surface area contributed by atoms with Crippen LogP contribution in [0.4, 0.5) is 13.2 Å². The van der Waals surface area contributed by atoms with Crippen molar-refractivity contribution in [3.05, 3.63) is 23.5 Å². The molecule has 0 amide bonds. The summed E-state index contributed by atoms with van der Waals surface area (Å²) < 4.78 is 38.6. The van der Waals surface area contributed by atoms with Gasteiger partial charge in [-0.25, -0.2) is 4.98 Å². The average Bonchev–Trinajstić information content (AvgIpc) is 2.41. The van der Waals surface area contributed by atoms with E-state index in [-0.39, 0.29) is 0 Å². The number of aryl methyl sites for hydroxylation is 2. The zero-order chi connectivity index (χ0) is 11.2. The molecule has 6 heteroatoms. The van der Waals surface area contributed by atoms with Gasteiger partial charge in [0.15, 0.2) is 5.65 Å². The van der Waals surface area contributed by atoms with Crippen molar-refractivity contribution in [1.82, 2.24) is 14.8 Å². The molecule has 80 valence electrons. The summed E-state index contributed by atoms with van der Waals surface area (Å²) in [6.45, 7) is 1.66. The maximum atomic E-state index is 12.4. The number of pyridine rings is 1. The lowest BCUT2D eigenvalue weighted by Gasteiger charge is -2.05. The van der Waals surface area contributed by atoms with Gasteiger partial charge in [-0.3, -0.25) is 4.68 Å². The Bertz CT molecular complexity index is 513. The Hall–Kier alpha value is -1.59. The van der Waals surface area contributed by atoms with Gasteiger partial charge in [0.05, 0.1) is 11.3 Å².